The third kappa shape index (κ3) is 1.76. The highest BCUT2D eigenvalue weighted by Crippen LogP contribution is 2.17. The summed E-state index contributed by atoms with van der Waals surface area (Å²) in [5, 5.41) is 7.17. The van der Waals surface area contributed by atoms with E-state index in [2.05, 4.69) is 15.2 Å². The molecule has 1 aromatic carbocycles. The molecular weight excluding hydrogens is 200 g/mol. The summed E-state index contributed by atoms with van der Waals surface area (Å²) >= 11 is 5.76. The molecule has 2 rings (SSSR count). The van der Waals surface area contributed by atoms with Crippen LogP contribution in [0.25, 0.3) is 0 Å². The Morgan fingerprint density at radius 2 is 2.00 bits per heavy atom. The first-order chi connectivity index (χ1) is 6.77. The fourth-order valence-electron chi connectivity index (χ4n) is 1.19. The third-order valence-corrected chi connectivity index (χ3v) is 2.21. The van der Waals surface area contributed by atoms with Gasteiger partial charge < -0.3 is 5.73 Å². The van der Waals surface area contributed by atoms with Crippen LogP contribution in [0.5, 0.6) is 0 Å². The van der Waals surface area contributed by atoms with Crippen LogP contribution < -0.4 is 5.73 Å². The van der Waals surface area contributed by atoms with Gasteiger partial charge in [-0.15, -0.1) is 0 Å². The second kappa shape index (κ2) is 3.77. The standard InChI is InChI=1S/C9H9ClN4/c10-7-3-1-6(2-4-7)8(11)9-12-5-13-14-9/h1-5,8H,11H2,(H,12,13,14)/t8-/m1/s1. The lowest BCUT2D eigenvalue weighted by molar-refractivity contribution is 0.787. The van der Waals surface area contributed by atoms with Gasteiger partial charge in [0, 0.05) is 5.02 Å². The van der Waals surface area contributed by atoms with E-state index in [-0.39, 0.29) is 6.04 Å². The first-order valence-electron chi connectivity index (χ1n) is 4.13. The minimum absolute atomic E-state index is 0.283. The van der Waals surface area contributed by atoms with Crippen molar-refractivity contribution in [1.82, 2.24) is 15.2 Å². The summed E-state index contributed by atoms with van der Waals surface area (Å²) in [7, 11) is 0. The van der Waals surface area contributed by atoms with E-state index in [1.54, 1.807) is 12.1 Å². The Morgan fingerprint density at radius 1 is 1.29 bits per heavy atom. The van der Waals surface area contributed by atoms with Crippen molar-refractivity contribution in [3.05, 3.63) is 47.0 Å². The summed E-state index contributed by atoms with van der Waals surface area (Å²) in [5.41, 5.74) is 6.88. The Balaban J connectivity index is 2.28. The molecule has 5 heteroatoms. The monoisotopic (exact) mass is 208 g/mol. The highest BCUT2D eigenvalue weighted by molar-refractivity contribution is 6.30. The molecule has 0 amide bonds. The molecule has 0 unspecified atom stereocenters. The number of halogens is 1. The molecule has 4 nitrogen and oxygen atoms in total. The molecule has 1 heterocycles. The summed E-state index contributed by atoms with van der Waals surface area (Å²) in [6.45, 7) is 0. The molecule has 0 aliphatic carbocycles. The van der Waals surface area contributed by atoms with E-state index in [0.29, 0.717) is 10.8 Å². The second-order valence-corrected chi connectivity index (χ2v) is 3.34. The van der Waals surface area contributed by atoms with E-state index in [4.69, 9.17) is 17.3 Å². The van der Waals surface area contributed by atoms with Crippen molar-refractivity contribution in [2.75, 3.05) is 0 Å². The van der Waals surface area contributed by atoms with Crippen molar-refractivity contribution >= 4 is 11.6 Å². The van der Waals surface area contributed by atoms with Crippen LogP contribution in [0.15, 0.2) is 30.6 Å². The van der Waals surface area contributed by atoms with Gasteiger partial charge in [0.2, 0.25) is 0 Å². The first kappa shape index (κ1) is 9.18. The van der Waals surface area contributed by atoms with Crippen LogP contribution in [0.4, 0.5) is 0 Å². The average Bonchev–Trinajstić information content (AvgIpc) is 2.71. The normalized spacial score (nSPS) is 12.7. The van der Waals surface area contributed by atoms with Crippen LogP contribution in [-0.2, 0) is 0 Å². The van der Waals surface area contributed by atoms with Crippen molar-refractivity contribution in [1.29, 1.82) is 0 Å². The van der Waals surface area contributed by atoms with Crippen molar-refractivity contribution in [3.63, 3.8) is 0 Å². The summed E-state index contributed by atoms with van der Waals surface area (Å²) < 4.78 is 0. The first-order valence-corrected chi connectivity index (χ1v) is 4.51. The Kier molecular flexibility index (Phi) is 2.47. The minimum Gasteiger partial charge on any atom is -0.318 e. The lowest BCUT2D eigenvalue weighted by Crippen LogP contribution is -2.13. The van der Waals surface area contributed by atoms with Crippen LogP contribution in [0.3, 0.4) is 0 Å². The Bertz CT molecular complexity index is 395. The number of H-pyrrole nitrogens is 1. The Labute approximate surface area is 86.1 Å². The van der Waals surface area contributed by atoms with Gasteiger partial charge in [-0.25, -0.2) is 4.98 Å². The number of nitrogens with one attached hydrogen (secondary N) is 1. The van der Waals surface area contributed by atoms with Crippen LogP contribution in [0, 0.1) is 0 Å². The van der Waals surface area contributed by atoms with Gasteiger partial charge in [0.05, 0.1) is 6.04 Å². The molecule has 0 bridgehead atoms. The fraction of sp³-hybridized carbons (Fsp3) is 0.111. The van der Waals surface area contributed by atoms with E-state index in [1.807, 2.05) is 12.1 Å². The van der Waals surface area contributed by atoms with Crippen molar-refractivity contribution in [2.45, 2.75) is 6.04 Å². The van der Waals surface area contributed by atoms with E-state index in [0.717, 1.165) is 5.56 Å². The van der Waals surface area contributed by atoms with Gasteiger partial charge in [-0.2, -0.15) is 5.10 Å². The Morgan fingerprint density at radius 3 is 2.57 bits per heavy atom. The zero-order valence-corrected chi connectivity index (χ0v) is 8.07. The molecule has 1 atom stereocenters. The van der Waals surface area contributed by atoms with E-state index >= 15 is 0 Å². The van der Waals surface area contributed by atoms with Gasteiger partial charge in [-0.1, -0.05) is 23.7 Å². The van der Waals surface area contributed by atoms with Gasteiger partial charge in [0.15, 0.2) is 0 Å². The number of hydrogen-bond donors (Lipinski definition) is 2. The zero-order chi connectivity index (χ0) is 9.97. The number of hydrogen-bond acceptors (Lipinski definition) is 3. The summed E-state index contributed by atoms with van der Waals surface area (Å²) in [4.78, 5) is 3.99. The predicted octanol–water partition coefficient (Wildman–Crippen LogP) is 1.51. The second-order valence-electron chi connectivity index (χ2n) is 2.90. The number of benzene rings is 1. The van der Waals surface area contributed by atoms with Crippen LogP contribution >= 0.6 is 11.6 Å². The Hall–Kier alpha value is -1.39. The maximum Gasteiger partial charge on any atom is 0.145 e. The quantitative estimate of drug-likeness (QED) is 0.786. The third-order valence-electron chi connectivity index (χ3n) is 1.96. The van der Waals surface area contributed by atoms with Gasteiger partial charge in [-0.05, 0) is 17.7 Å². The number of aromatic amines is 1. The fourth-order valence-corrected chi connectivity index (χ4v) is 1.32. The topological polar surface area (TPSA) is 67.6 Å². The molecule has 72 valence electrons. The van der Waals surface area contributed by atoms with Crippen molar-refractivity contribution in [2.24, 2.45) is 5.73 Å². The molecule has 0 spiro atoms. The molecule has 0 saturated carbocycles. The predicted molar refractivity (Wildman–Crippen MR) is 53.9 cm³/mol. The zero-order valence-electron chi connectivity index (χ0n) is 7.31. The van der Waals surface area contributed by atoms with Gasteiger partial charge >= 0.3 is 0 Å². The number of aromatic nitrogens is 3. The molecular formula is C9H9ClN4. The molecule has 0 fully saturated rings. The van der Waals surface area contributed by atoms with Gasteiger partial charge in [-0.3, -0.25) is 5.10 Å². The summed E-state index contributed by atoms with van der Waals surface area (Å²) in [6, 6.07) is 7.06. The van der Waals surface area contributed by atoms with Gasteiger partial charge in [0.25, 0.3) is 0 Å². The highest BCUT2D eigenvalue weighted by Gasteiger charge is 2.10. The maximum absolute atomic E-state index is 5.93. The number of rotatable bonds is 2. The SMILES string of the molecule is N[C@H](c1ccc(Cl)cc1)c1ncn[nH]1. The molecule has 3 N–H and O–H groups in total. The van der Waals surface area contributed by atoms with E-state index < -0.39 is 0 Å². The number of nitrogens with zero attached hydrogens (tertiary/aromatic N) is 2. The highest BCUT2D eigenvalue weighted by atomic mass is 35.5. The molecule has 0 radical (unpaired) electrons. The van der Waals surface area contributed by atoms with Crippen LogP contribution in [-0.4, -0.2) is 15.2 Å². The molecule has 0 saturated heterocycles. The maximum atomic E-state index is 5.93. The average molecular weight is 209 g/mol. The summed E-state index contributed by atoms with van der Waals surface area (Å²) in [5.74, 6) is 0.646. The van der Waals surface area contributed by atoms with Crippen molar-refractivity contribution < 1.29 is 0 Å². The summed E-state index contributed by atoms with van der Waals surface area (Å²) in [6.07, 6.45) is 1.44. The molecule has 14 heavy (non-hydrogen) atoms. The van der Waals surface area contributed by atoms with Crippen molar-refractivity contribution in [3.8, 4) is 0 Å². The minimum atomic E-state index is -0.283. The van der Waals surface area contributed by atoms with E-state index in [1.165, 1.54) is 6.33 Å². The molecule has 1 aromatic heterocycles. The molecule has 0 aliphatic rings. The smallest absolute Gasteiger partial charge is 0.145 e. The van der Waals surface area contributed by atoms with Crippen LogP contribution in [0.1, 0.15) is 17.4 Å². The van der Waals surface area contributed by atoms with Crippen LogP contribution in [0.2, 0.25) is 5.02 Å². The molecule has 2 aromatic rings. The van der Waals surface area contributed by atoms with E-state index in [9.17, 15) is 0 Å². The molecule has 0 aliphatic heterocycles. The lowest BCUT2D eigenvalue weighted by Gasteiger charge is -2.07. The number of nitrogens with two attached hydrogens (primary N) is 1. The largest absolute Gasteiger partial charge is 0.318 e. The lowest BCUT2D eigenvalue weighted by atomic mass is 10.1. The van der Waals surface area contributed by atoms with Gasteiger partial charge in [0.1, 0.15) is 12.2 Å².